The second-order valence-electron chi connectivity index (χ2n) is 10.3. The highest BCUT2D eigenvalue weighted by molar-refractivity contribution is 7.92. The molecule has 0 heterocycles. The van der Waals surface area contributed by atoms with E-state index in [1.165, 1.54) is 29.2 Å². The van der Waals surface area contributed by atoms with Gasteiger partial charge in [0.15, 0.2) is 0 Å². The highest BCUT2D eigenvalue weighted by atomic mass is 32.2. The summed E-state index contributed by atoms with van der Waals surface area (Å²) in [5.41, 5.74) is 1.81. The number of sulfonamides is 1. The summed E-state index contributed by atoms with van der Waals surface area (Å²) in [4.78, 5) is 28.7. The number of anilines is 1. The van der Waals surface area contributed by atoms with Gasteiger partial charge in [0.05, 0.1) is 10.6 Å². The Hall–Kier alpha value is -3.72. The van der Waals surface area contributed by atoms with E-state index >= 15 is 0 Å². The third-order valence-corrected chi connectivity index (χ3v) is 9.07. The van der Waals surface area contributed by atoms with Crippen LogP contribution in [0.4, 0.5) is 10.1 Å². The lowest BCUT2D eigenvalue weighted by atomic mass is 9.95. The van der Waals surface area contributed by atoms with Gasteiger partial charge in [0, 0.05) is 12.6 Å². The van der Waals surface area contributed by atoms with Crippen LogP contribution in [0.1, 0.15) is 50.2 Å². The highest BCUT2D eigenvalue weighted by Gasteiger charge is 2.33. The lowest BCUT2D eigenvalue weighted by molar-refractivity contribution is -0.139. The van der Waals surface area contributed by atoms with Crippen LogP contribution in [0.2, 0.25) is 0 Å². The Morgan fingerprint density at radius 1 is 0.950 bits per heavy atom. The van der Waals surface area contributed by atoms with Crippen molar-refractivity contribution in [3.8, 4) is 0 Å². The zero-order valence-electron chi connectivity index (χ0n) is 22.9. The third-order valence-electron chi connectivity index (χ3n) is 7.28. The maximum atomic E-state index is 14.0. The van der Waals surface area contributed by atoms with Crippen molar-refractivity contribution in [2.75, 3.05) is 10.8 Å². The van der Waals surface area contributed by atoms with E-state index in [2.05, 4.69) is 5.32 Å². The first kappa shape index (κ1) is 29.3. The first-order valence-electron chi connectivity index (χ1n) is 13.6. The van der Waals surface area contributed by atoms with E-state index in [9.17, 15) is 22.4 Å². The summed E-state index contributed by atoms with van der Waals surface area (Å²) in [5.74, 6) is -1.25. The van der Waals surface area contributed by atoms with Gasteiger partial charge < -0.3 is 10.2 Å². The van der Waals surface area contributed by atoms with Crippen molar-refractivity contribution in [3.05, 3.63) is 95.8 Å². The maximum absolute atomic E-state index is 14.0. The van der Waals surface area contributed by atoms with Gasteiger partial charge in [-0.05, 0) is 74.2 Å². The Balaban J connectivity index is 1.66. The summed E-state index contributed by atoms with van der Waals surface area (Å²) < 4.78 is 42.3. The molecule has 0 aromatic heterocycles. The topological polar surface area (TPSA) is 86.8 Å². The second kappa shape index (κ2) is 13.1. The molecule has 1 saturated carbocycles. The van der Waals surface area contributed by atoms with Gasteiger partial charge in [0.1, 0.15) is 18.4 Å². The predicted molar refractivity (Wildman–Crippen MR) is 154 cm³/mol. The van der Waals surface area contributed by atoms with Gasteiger partial charge in [-0.2, -0.15) is 0 Å². The molecule has 3 aromatic rings. The fourth-order valence-electron chi connectivity index (χ4n) is 4.97. The Kier molecular flexibility index (Phi) is 9.58. The molecule has 0 spiro atoms. The lowest BCUT2D eigenvalue weighted by Crippen LogP contribution is -2.53. The fourth-order valence-corrected chi connectivity index (χ4v) is 6.40. The molecule has 0 unspecified atom stereocenters. The average Bonchev–Trinajstić information content (AvgIpc) is 2.96. The molecule has 0 saturated heterocycles. The number of carbonyl (C=O) groups is 2. The summed E-state index contributed by atoms with van der Waals surface area (Å²) in [6, 6.07) is 19.7. The van der Waals surface area contributed by atoms with E-state index < -0.39 is 34.3 Å². The first-order chi connectivity index (χ1) is 19.1. The van der Waals surface area contributed by atoms with E-state index in [1.54, 1.807) is 55.5 Å². The van der Waals surface area contributed by atoms with Crippen LogP contribution in [0.25, 0.3) is 0 Å². The molecule has 40 heavy (non-hydrogen) atoms. The molecule has 0 radical (unpaired) electrons. The predicted octanol–water partition coefficient (Wildman–Crippen LogP) is 5.20. The molecular formula is C31H36FN3O4S. The van der Waals surface area contributed by atoms with Crippen molar-refractivity contribution in [2.45, 2.75) is 69.5 Å². The van der Waals surface area contributed by atoms with Crippen LogP contribution >= 0.6 is 0 Å². The van der Waals surface area contributed by atoms with E-state index in [0.29, 0.717) is 11.3 Å². The zero-order valence-corrected chi connectivity index (χ0v) is 23.7. The summed E-state index contributed by atoms with van der Waals surface area (Å²) in [7, 11) is -4.11. The van der Waals surface area contributed by atoms with Crippen LogP contribution in [0.15, 0.2) is 83.8 Å². The number of hydrogen-bond acceptors (Lipinski definition) is 4. The molecule has 1 fully saturated rings. The van der Waals surface area contributed by atoms with Gasteiger partial charge in [0.2, 0.25) is 11.8 Å². The number of hydrogen-bond donors (Lipinski definition) is 1. The Labute approximate surface area is 236 Å². The van der Waals surface area contributed by atoms with Crippen LogP contribution in [0.3, 0.4) is 0 Å². The fraction of sp³-hybridized carbons (Fsp3) is 0.355. The number of aryl methyl sites for hydroxylation is 1. The summed E-state index contributed by atoms with van der Waals surface area (Å²) >= 11 is 0. The van der Waals surface area contributed by atoms with Crippen molar-refractivity contribution in [1.82, 2.24) is 10.2 Å². The Morgan fingerprint density at radius 2 is 1.62 bits per heavy atom. The Morgan fingerprint density at radius 3 is 2.27 bits per heavy atom. The minimum absolute atomic E-state index is 0.0193. The standard InChI is InChI=1S/C31H36FN3O4S/c1-23-10-9-13-28(20-23)35(40(38,39)29-14-7-4-8-15-29)22-30(36)34(21-25-16-18-26(32)19-17-25)24(2)31(37)33-27-11-5-3-6-12-27/h4,7-10,13-20,24,27H,3,5-6,11-12,21-22H2,1-2H3,(H,33,37)/t24-/m1/s1. The Bertz CT molecular complexity index is 1410. The van der Waals surface area contributed by atoms with Crippen molar-refractivity contribution < 1.29 is 22.4 Å². The van der Waals surface area contributed by atoms with Crippen LogP contribution in [0.5, 0.6) is 0 Å². The molecule has 9 heteroatoms. The number of nitrogens with zero attached hydrogens (tertiary/aromatic N) is 2. The molecule has 1 aliphatic rings. The average molecular weight is 566 g/mol. The van der Waals surface area contributed by atoms with Gasteiger partial charge >= 0.3 is 0 Å². The normalized spacial score (nSPS) is 14.8. The second-order valence-corrected chi connectivity index (χ2v) is 12.2. The smallest absolute Gasteiger partial charge is 0.264 e. The zero-order chi connectivity index (χ0) is 28.7. The number of amides is 2. The molecule has 1 N–H and O–H groups in total. The molecule has 212 valence electrons. The molecule has 1 atom stereocenters. The first-order valence-corrected chi connectivity index (χ1v) is 15.1. The van der Waals surface area contributed by atoms with Gasteiger partial charge in [-0.25, -0.2) is 12.8 Å². The number of benzene rings is 3. The third kappa shape index (κ3) is 7.27. The van der Waals surface area contributed by atoms with Crippen molar-refractivity contribution in [1.29, 1.82) is 0 Å². The van der Waals surface area contributed by atoms with Crippen molar-refractivity contribution in [3.63, 3.8) is 0 Å². The maximum Gasteiger partial charge on any atom is 0.264 e. The summed E-state index contributed by atoms with van der Waals surface area (Å²) in [6.45, 7) is 2.99. The quantitative estimate of drug-likeness (QED) is 0.366. The van der Waals surface area contributed by atoms with Crippen LogP contribution in [-0.2, 0) is 26.2 Å². The van der Waals surface area contributed by atoms with Crippen molar-refractivity contribution in [2.24, 2.45) is 0 Å². The van der Waals surface area contributed by atoms with Crippen molar-refractivity contribution >= 4 is 27.5 Å². The lowest BCUT2D eigenvalue weighted by Gasteiger charge is -2.33. The van der Waals surface area contributed by atoms with Gasteiger partial charge in [0.25, 0.3) is 10.0 Å². The van der Waals surface area contributed by atoms with Crippen LogP contribution < -0.4 is 9.62 Å². The van der Waals surface area contributed by atoms with Gasteiger partial charge in [-0.15, -0.1) is 0 Å². The monoisotopic (exact) mass is 565 g/mol. The molecule has 7 nitrogen and oxygen atoms in total. The van der Waals surface area contributed by atoms with E-state index in [1.807, 2.05) is 13.0 Å². The highest BCUT2D eigenvalue weighted by Crippen LogP contribution is 2.25. The van der Waals surface area contributed by atoms with E-state index in [-0.39, 0.29) is 23.4 Å². The summed E-state index contributed by atoms with van der Waals surface area (Å²) in [5, 5.41) is 3.07. The van der Waals surface area contributed by atoms with E-state index in [0.717, 1.165) is 42.0 Å². The summed E-state index contributed by atoms with van der Waals surface area (Å²) in [6.07, 6.45) is 5.00. The molecule has 3 aromatic carbocycles. The van der Waals surface area contributed by atoms with Crippen LogP contribution in [-0.4, -0.2) is 43.8 Å². The van der Waals surface area contributed by atoms with Gasteiger partial charge in [-0.1, -0.05) is 61.7 Å². The molecule has 1 aliphatic carbocycles. The minimum Gasteiger partial charge on any atom is -0.352 e. The molecule has 0 bridgehead atoms. The largest absolute Gasteiger partial charge is 0.352 e. The number of halogens is 1. The number of nitrogens with one attached hydrogen (secondary N) is 1. The number of carbonyl (C=O) groups excluding carboxylic acids is 2. The molecule has 2 amide bonds. The minimum atomic E-state index is -4.11. The molecular weight excluding hydrogens is 529 g/mol. The molecule has 4 rings (SSSR count). The number of rotatable bonds is 10. The van der Waals surface area contributed by atoms with Crippen LogP contribution in [0, 0.1) is 12.7 Å². The SMILES string of the molecule is Cc1cccc(N(CC(=O)N(Cc2ccc(F)cc2)[C@H](C)C(=O)NC2CCCCC2)S(=O)(=O)c2ccccc2)c1. The van der Waals surface area contributed by atoms with E-state index in [4.69, 9.17) is 0 Å². The van der Waals surface area contributed by atoms with Gasteiger partial charge in [-0.3, -0.25) is 13.9 Å². The molecule has 0 aliphatic heterocycles.